The molecule has 0 bridgehead atoms. The second kappa shape index (κ2) is 5.31. The average molecular weight is 339 g/mol. The monoisotopic (exact) mass is 339 g/mol. The maximum absolute atomic E-state index is 13.1. The van der Waals surface area contributed by atoms with E-state index >= 15 is 0 Å². The number of pyridine rings is 1. The molecular weight excluding hydrogens is 321 g/mol. The third-order valence-corrected chi connectivity index (χ3v) is 4.76. The van der Waals surface area contributed by atoms with Gasteiger partial charge < -0.3 is 5.11 Å². The van der Waals surface area contributed by atoms with Gasteiger partial charge in [0.15, 0.2) is 0 Å². The number of carbonyl (C=O) groups is 1. The Morgan fingerprint density at radius 2 is 2.00 bits per heavy atom. The predicted molar refractivity (Wildman–Crippen MR) is 92.8 cm³/mol. The molecule has 128 valence electrons. The van der Waals surface area contributed by atoms with Crippen LogP contribution in [0.5, 0.6) is 0 Å². The lowest BCUT2D eigenvalue weighted by Crippen LogP contribution is -2.32. The van der Waals surface area contributed by atoms with Gasteiger partial charge in [-0.1, -0.05) is 26.0 Å². The summed E-state index contributed by atoms with van der Waals surface area (Å²) in [6, 6.07) is 10.2. The maximum atomic E-state index is 13.1. The van der Waals surface area contributed by atoms with Gasteiger partial charge in [-0.2, -0.15) is 5.10 Å². The van der Waals surface area contributed by atoms with E-state index in [-0.39, 0.29) is 11.2 Å². The van der Waals surface area contributed by atoms with Crippen LogP contribution in [-0.4, -0.2) is 27.4 Å². The summed E-state index contributed by atoms with van der Waals surface area (Å²) in [7, 11) is 0. The molecule has 0 spiro atoms. The Kier molecular flexibility index (Phi) is 3.32. The van der Waals surface area contributed by atoms with Gasteiger partial charge in [0, 0.05) is 12.0 Å². The lowest BCUT2D eigenvalue weighted by Gasteiger charge is -2.19. The molecule has 6 heteroatoms. The number of hydrogen-bond donors (Lipinski definition) is 1. The van der Waals surface area contributed by atoms with Crippen LogP contribution >= 0.6 is 0 Å². The van der Waals surface area contributed by atoms with E-state index in [0.717, 1.165) is 22.3 Å². The fourth-order valence-corrected chi connectivity index (χ4v) is 3.67. The standard InChI is InChI=1S/C19H18FN3O2/c1-19(2)11-22(18(24)25)16-10-13(9-12-3-5-14(20)6-4-12)15-7-8-21-23(15)17(16)19/h3-8,10H,9,11H2,1-2H3,(H,24,25). The van der Waals surface area contributed by atoms with Crippen molar-refractivity contribution in [2.24, 2.45) is 0 Å². The molecule has 0 unspecified atom stereocenters. The molecule has 1 amide bonds. The van der Waals surface area contributed by atoms with Crippen LogP contribution in [0.2, 0.25) is 0 Å². The van der Waals surface area contributed by atoms with Crippen LogP contribution < -0.4 is 4.90 Å². The third kappa shape index (κ3) is 2.45. The Balaban J connectivity index is 1.90. The molecule has 3 heterocycles. The van der Waals surface area contributed by atoms with Crippen molar-refractivity contribution in [3.05, 3.63) is 65.2 Å². The first-order valence-electron chi connectivity index (χ1n) is 8.12. The summed E-state index contributed by atoms with van der Waals surface area (Å²) in [6.07, 6.45) is 1.34. The number of halogens is 1. The summed E-state index contributed by atoms with van der Waals surface area (Å²) in [5.74, 6) is -0.272. The molecule has 2 aromatic heterocycles. The molecule has 4 rings (SSSR count). The summed E-state index contributed by atoms with van der Waals surface area (Å²) in [4.78, 5) is 13.1. The molecule has 1 aliphatic rings. The van der Waals surface area contributed by atoms with Crippen LogP contribution in [0.1, 0.15) is 30.7 Å². The van der Waals surface area contributed by atoms with Gasteiger partial charge in [0.2, 0.25) is 0 Å². The molecule has 3 aromatic rings. The van der Waals surface area contributed by atoms with Crippen molar-refractivity contribution >= 4 is 17.3 Å². The first kappa shape index (κ1) is 15.6. The summed E-state index contributed by atoms with van der Waals surface area (Å²) in [6.45, 7) is 4.44. The lowest BCUT2D eigenvalue weighted by atomic mass is 9.90. The highest BCUT2D eigenvalue weighted by Crippen LogP contribution is 2.42. The number of fused-ring (bicyclic) bond motifs is 3. The number of amides is 1. The number of aromatic nitrogens is 2. The van der Waals surface area contributed by atoms with Crippen LogP contribution in [0.4, 0.5) is 14.9 Å². The number of anilines is 1. The molecule has 0 saturated heterocycles. The molecule has 1 aliphatic heterocycles. The van der Waals surface area contributed by atoms with Crippen LogP contribution in [0, 0.1) is 5.82 Å². The smallest absolute Gasteiger partial charge is 0.411 e. The number of benzene rings is 1. The minimum absolute atomic E-state index is 0.272. The summed E-state index contributed by atoms with van der Waals surface area (Å²) >= 11 is 0. The molecule has 0 atom stereocenters. The Bertz CT molecular complexity index is 976. The molecule has 1 aromatic carbocycles. The third-order valence-electron chi connectivity index (χ3n) is 4.76. The molecule has 5 nitrogen and oxygen atoms in total. The van der Waals surface area contributed by atoms with Crippen LogP contribution in [0.25, 0.3) is 5.52 Å². The second-order valence-electron chi connectivity index (χ2n) is 7.09. The topological polar surface area (TPSA) is 57.8 Å². The molecular formula is C19H18FN3O2. The highest BCUT2D eigenvalue weighted by molar-refractivity contribution is 5.90. The normalized spacial score (nSPS) is 15.6. The van der Waals surface area contributed by atoms with Crippen molar-refractivity contribution in [2.75, 3.05) is 11.4 Å². The summed E-state index contributed by atoms with van der Waals surface area (Å²) in [5, 5.41) is 14.0. The van der Waals surface area contributed by atoms with Gasteiger partial charge in [-0.15, -0.1) is 0 Å². The van der Waals surface area contributed by atoms with Crippen molar-refractivity contribution in [3.8, 4) is 0 Å². The number of hydrogen-bond acceptors (Lipinski definition) is 2. The number of nitrogens with zero attached hydrogens (tertiary/aromatic N) is 3. The van der Waals surface area contributed by atoms with E-state index in [9.17, 15) is 14.3 Å². The van der Waals surface area contributed by atoms with Gasteiger partial charge in [0.25, 0.3) is 0 Å². The van der Waals surface area contributed by atoms with Crippen molar-refractivity contribution in [1.29, 1.82) is 0 Å². The highest BCUT2D eigenvalue weighted by atomic mass is 19.1. The average Bonchev–Trinajstić information content (AvgIpc) is 3.12. The maximum Gasteiger partial charge on any atom is 0.411 e. The highest BCUT2D eigenvalue weighted by Gasteiger charge is 2.41. The van der Waals surface area contributed by atoms with E-state index < -0.39 is 6.09 Å². The van der Waals surface area contributed by atoms with Crippen LogP contribution in [0.3, 0.4) is 0 Å². The Labute approximate surface area is 144 Å². The predicted octanol–water partition coefficient (Wildman–Crippen LogP) is 3.84. The Hall–Kier alpha value is -2.89. The molecule has 0 saturated carbocycles. The first-order chi connectivity index (χ1) is 11.9. The molecule has 0 aliphatic carbocycles. The van der Waals surface area contributed by atoms with Crippen molar-refractivity contribution in [3.63, 3.8) is 0 Å². The van der Waals surface area contributed by atoms with Crippen molar-refractivity contribution in [1.82, 2.24) is 9.61 Å². The van der Waals surface area contributed by atoms with Gasteiger partial charge in [-0.25, -0.2) is 13.7 Å². The molecule has 1 N–H and O–H groups in total. The van der Waals surface area contributed by atoms with Crippen LogP contribution in [0.15, 0.2) is 42.6 Å². The first-order valence-corrected chi connectivity index (χ1v) is 8.12. The lowest BCUT2D eigenvalue weighted by molar-refractivity contribution is 0.201. The summed E-state index contributed by atoms with van der Waals surface area (Å²) < 4.78 is 15.0. The summed E-state index contributed by atoms with van der Waals surface area (Å²) in [5.41, 5.74) is 4.12. The number of carboxylic acid groups (broad SMARTS) is 1. The molecule has 25 heavy (non-hydrogen) atoms. The van der Waals surface area contributed by atoms with Gasteiger partial charge in [-0.05, 0) is 41.8 Å². The fraction of sp³-hybridized carbons (Fsp3) is 0.263. The van der Waals surface area contributed by atoms with Crippen molar-refractivity contribution < 1.29 is 14.3 Å². The zero-order valence-electron chi connectivity index (χ0n) is 14.0. The van der Waals surface area contributed by atoms with E-state index in [1.54, 1.807) is 18.3 Å². The minimum Gasteiger partial charge on any atom is -0.465 e. The van der Waals surface area contributed by atoms with Gasteiger partial charge in [0.05, 0.1) is 23.1 Å². The quantitative estimate of drug-likeness (QED) is 0.772. The zero-order valence-corrected chi connectivity index (χ0v) is 14.0. The van der Waals surface area contributed by atoms with E-state index in [4.69, 9.17) is 0 Å². The van der Waals surface area contributed by atoms with E-state index in [2.05, 4.69) is 5.10 Å². The van der Waals surface area contributed by atoms with E-state index in [0.29, 0.717) is 18.7 Å². The molecule has 0 radical (unpaired) electrons. The largest absolute Gasteiger partial charge is 0.465 e. The van der Waals surface area contributed by atoms with E-state index in [1.807, 2.05) is 30.5 Å². The zero-order chi connectivity index (χ0) is 17.8. The molecule has 0 fully saturated rings. The van der Waals surface area contributed by atoms with Crippen molar-refractivity contribution in [2.45, 2.75) is 25.7 Å². The SMILES string of the molecule is CC1(C)CN(C(=O)O)c2cc(Cc3ccc(F)cc3)c3ccnn3c21. The Morgan fingerprint density at radius 3 is 2.68 bits per heavy atom. The van der Waals surface area contributed by atoms with Gasteiger partial charge >= 0.3 is 6.09 Å². The second-order valence-corrected chi connectivity index (χ2v) is 7.09. The Morgan fingerprint density at radius 1 is 1.28 bits per heavy atom. The number of rotatable bonds is 2. The fourth-order valence-electron chi connectivity index (χ4n) is 3.67. The van der Waals surface area contributed by atoms with E-state index in [1.165, 1.54) is 17.0 Å². The van der Waals surface area contributed by atoms with Gasteiger partial charge in [0.1, 0.15) is 5.82 Å². The minimum atomic E-state index is -0.967. The van der Waals surface area contributed by atoms with Crippen LogP contribution in [-0.2, 0) is 11.8 Å². The van der Waals surface area contributed by atoms with Gasteiger partial charge in [-0.3, -0.25) is 4.90 Å².